The Hall–Kier alpha value is -1.59. The molecular weight excluding hydrogens is 316 g/mol. The summed E-state index contributed by atoms with van der Waals surface area (Å²) in [6, 6.07) is 8.02. The number of piperazine rings is 1. The zero-order valence-corrected chi connectivity index (χ0v) is 15.4. The van der Waals surface area contributed by atoms with E-state index in [2.05, 4.69) is 17.9 Å². The Kier molecular flexibility index (Phi) is 6.32. The first-order valence-corrected chi connectivity index (χ1v) is 9.41. The number of methoxy groups -OCH3 is 1. The molecular formula is C20H30N2O3. The molecule has 138 valence electrons. The van der Waals surface area contributed by atoms with Crippen molar-refractivity contribution in [3.05, 3.63) is 29.8 Å². The lowest BCUT2D eigenvalue weighted by atomic mass is 9.97. The fourth-order valence-corrected chi connectivity index (χ4v) is 3.71. The lowest BCUT2D eigenvalue weighted by Gasteiger charge is -2.36. The van der Waals surface area contributed by atoms with Gasteiger partial charge in [0, 0.05) is 45.8 Å². The van der Waals surface area contributed by atoms with Crippen LogP contribution in [-0.2, 0) is 9.53 Å². The summed E-state index contributed by atoms with van der Waals surface area (Å²) in [5, 5.41) is 0. The van der Waals surface area contributed by atoms with E-state index < -0.39 is 0 Å². The van der Waals surface area contributed by atoms with Crippen LogP contribution in [0.25, 0.3) is 0 Å². The lowest BCUT2D eigenvalue weighted by Crippen LogP contribution is -2.50. The van der Waals surface area contributed by atoms with Gasteiger partial charge in [-0.1, -0.05) is 19.1 Å². The van der Waals surface area contributed by atoms with Crippen LogP contribution in [0.5, 0.6) is 5.75 Å². The summed E-state index contributed by atoms with van der Waals surface area (Å²) in [7, 11) is 1.67. The number of ether oxygens (including phenoxy) is 2. The summed E-state index contributed by atoms with van der Waals surface area (Å²) >= 11 is 0. The van der Waals surface area contributed by atoms with Crippen molar-refractivity contribution < 1.29 is 14.3 Å². The van der Waals surface area contributed by atoms with Crippen LogP contribution in [0.1, 0.15) is 37.7 Å². The van der Waals surface area contributed by atoms with Crippen LogP contribution in [0.2, 0.25) is 0 Å². The van der Waals surface area contributed by atoms with E-state index in [0.717, 1.165) is 50.6 Å². The van der Waals surface area contributed by atoms with Crippen molar-refractivity contribution in [3.8, 4) is 5.75 Å². The van der Waals surface area contributed by atoms with Gasteiger partial charge >= 0.3 is 0 Å². The molecule has 5 heteroatoms. The van der Waals surface area contributed by atoms with E-state index >= 15 is 0 Å². The third kappa shape index (κ3) is 4.95. The van der Waals surface area contributed by atoms with E-state index in [1.165, 1.54) is 12.8 Å². The topological polar surface area (TPSA) is 42.0 Å². The van der Waals surface area contributed by atoms with Crippen LogP contribution in [0.4, 0.5) is 0 Å². The summed E-state index contributed by atoms with van der Waals surface area (Å²) in [6.07, 6.45) is 3.32. The fraction of sp³-hybridized carbons (Fsp3) is 0.650. The molecule has 5 nitrogen and oxygen atoms in total. The predicted molar refractivity (Wildman–Crippen MR) is 98.0 cm³/mol. The predicted octanol–water partition coefficient (Wildman–Crippen LogP) is 2.51. The van der Waals surface area contributed by atoms with Crippen molar-refractivity contribution in [1.29, 1.82) is 0 Å². The largest absolute Gasteiger partial charge is 0.497 e. The molecule has 0 saturated carbocycles. The molecule has 1 amide bonds. The molecule has 0 aromatic heterocycles. The third-order valence-electron chi connectivity index (χ3n) is 5.35. The van der Waals surface area contributed by atoms with Crippen molar-refractivity contribution in [3.63, 3.8) is 0 Å². The summed E-state index contributed by atoms with van der Waals surface area (Å²) in [5.41, 5.74) is 1.16. The fourth-order valence-electron chi connectivity index (χ4n) is 3.71. The van der Waals surface area contributed by atoms with E-state index in [1.807, 2.05) is 23.1 Å². The highest BCUT2D eigenvalue weighted by molar-refractivity contribution is 5.77. The minimum atomic E-state index is 0.201. The van der Waals surface area contributed by atoms with Crippen molar-refractivity contribution in [2.75, 3.05) is 46.4 Å². The van der Waals surface area contributed by atoms with Gasteiger partial charge in [0.05, 0.1) is 13.2 Å². The molecule has 1 aromatic rings. The highest BCUT2D eigenvalue weighted by Crippen LogP contribution is 2.24. The maximum Gasteiger partial charge on any atom is 0.223 e. The number of carbonyl (C=O) groups is 1. The van der Waals surface area contributed by atoms with E-state index in [0.29, 0.717) is 12.5 Å². The third-order valence-corrected chi connectivity index (χ3v) is 5.35. The molecule has 2 atom stereocenters. The lowest BCUT2D eigenvalue weighted by molar-refractivity contribution is -0.133. The molecule has 1 aromatic carbocycles. The summed E-state index contributed by atoms with van der Waals surface area (Å²) in [5.74, 6) is 1.30. The number of hydrogen-bond acceptors (Lipinski definition) is 4. The Labute approximate surface area is 150 Å². The molecule has 2 fully saturated rings. The minimum Gasteiger partial charge on any atom is -0.497 e. The number of hydrogen-bond donors (Lipinski definition) is 0. The second kappa shape index (κ2) is 8.68. The number of rotatable bonds is 6. The van der Waals surface area contributed by atoms with Gasteiger partial charge in [-0.2, -0.15) is 0 Å². The quantitative estimate of drug-likeness (QED) is 0.794. The molecule has 2 heterocycles. The average Bonchev–Trinajstić information content (AvgIpc) is 3.15. The maximum absolute atomic E-state index is 12.6. The molecule has 0 N–H and O–H groups in total. The maximum atomic E-state index is 12.6. The number of nitrogens with zero attached hydrogens (tertiary/aromatic N) is 2. The number of benzene rings is 1. The van der Waals surface area contributed by atoms with Gasteiger partial charge in [-0.15, -0.1) is 0 Å². The molecule has 3 rings (SSSR count). The molecule has 2 aliphatic rings. The van der Waals surface area contributed by atoms with Crippen LogP contribution >= 0.6 is 0 Å². The Morgan fingerprint density at radius 1 is 1.32 bits per heavy atom. The highest BCUT2D eigenvalue weighted by atomic mass is 16.5. The summed E-state index contributed by atoms with van der Waals surface area (Å²) < 4.78 is 11.0. The van der Waals surface area contributed by atoms with Crippen molar-refractivity contribution in [2.45, 2.75) is 38.2 Å². The van der Waals surface area contributed by atoms with Crippen LogP contribution in [0.15, 0.2) is 24.3 Å². The Morgan fingerprint density at radius 3 is 2.80 bits per heavy atom. The van der Waals surface area contributed by atoms with E-state index in [9.17, 15) is 4.79 Å². The molecule has 0 aliphatic carbocycles. The van der Waals surface area contributed by atoms with E-state index in [1.54, 1.807) is 7.11 Å². The van der Waals surface area contributed by atoms with E-state index in [-0.39, 0.29) is 11.8 Å². The molecule has 0 bridgehead atoms. The van der Waals surface area contributed by atoms with Crippen LogP contribution in [0.3, 0.4) is 0 Å². The molecule has 0 unspecified atom stereocenters. The Morgan fingerprint density at radius 2 is 2.12 bits per heavy atom. The first kappa shape index (κ1) is 18.2. The second-order valence-corrected chi connectivity index (χ2v) is 7.20. The van der Waals surface area contributed by atoms with Crippen molar-refractivity contribution >= 4 is 5.91 Å². The van der Waals surface area contributed by atoms with Gasteiger partial charge in [0.2, 0.25) is 5.91 Å². The number of carbonyl (C=O) groups excluding carboxylic acids is 1. The highest BCUT2D eigenvalue weighted by Gasteiger charge is 2.25. The second-order valence-electron chi connectivity index (χ2n) is 7.20. The van der Waals surface area contributed by atoms with Crippen LogP contribution in [-0.4, -0.2) is 68.3 Å². The van der Waals surface area contributed by atoms with E-state index in [4.69, 9.17) is 9.47 Å². The van der Waals surface area contributed by atoms with Gasteiger partial charge in [0.15, 0.2) is 0 Å². The standard InChI is InChI=1S/C20H30N2O3/c1-16(17-5-3-6-18(14-17)24-2)13-20(23)22-10-8-21(9-11-22)15-19-7-4-12-25-19/h3,5-6,14,16,19H,4,7-13,15H2,1-2H3/t16-,19+/m0/s1. The zero-order chi connectivity index (χ0) is 17.6. The molecule has 0 spiro atoms. The molecule has 25 heavy (non-hydrogen) atoms. The van der Waals surface area contributed by atoms with Gasteiger partial charge < -0.3 is 14.4 Å². The smallest absolute Gasteiger partial charge is 0.223 e. The average molecular weight is 346 g/mol. The first-order valence-electron chi connectivity index (χ1n) is 9.41. The summed E-state index contributed by atoms with van der Waals surface area (Å²) in [4.78, 5) is 17.1. The van der Waals surface area contributed by atoms with Crippen molar-refractivity contribution in [1.82, 2.24) is 9.80 Å². The molecule has 2 saturated heterocycles. The SMILES string of the molecule is COc1cccc([C@@H](C)CC(=O)N2CCN(C[C@H]3CCCO3)CC2)c1. The zero-order valence-electron chi connectivity index (χ0n) is 15.4. The van der Waals surface area contributed by atoms with Gasteiger partial charge in [-0.05, 0) is 36.5 Å². The van der Waals surface area contributed by atoms with Gasteiger partial charge in [-0.25, -0.2) is 0 Å². The molecule has 0 radical (unpaired) electrons. The monoisotopic (exact) mass is 346 g/mol. The van der Waals surface area contributed by atoms with Gasteiger partial charge in [0.25, 0.3) is 0 Å². The minimum absolute atomic E-state index is 0.201. The first-order chi connectivity index (χ1) is 12.2. The Balaban J connectivity index is 1.45. The normalized spacial score (nSPS) is 22.8. The van der Waals surface area contributed by atoms with Crippen LogP contribution in [0, 0.1) is 0 Å². The van der Waals surface area contributed by atoms with Crippen molar-refractivity contribution in [2.24, 2.45) is 0 Å². The Bertz CT molecular complexity index is 564. The molecule has 2 aliphatic heterocycles. The van der Waals surface area contributed by atoms with Gasteiger partial charge in [-0.3, -0.25) is 9.69 Å². The van der Waals surface area contributed by atoms with Gasteiger partial charge in [0.1, 0.15) is 5.75 Å². The number of amides is 1. The summed E-state index contributed by atoms with van der Waals surface area (Å²) in [6.45, 7) is 7.61. The van der Waals surface area contributed by atoms with Crippen LogP contribution < -0.4 is 4.74 Å².